The van der Waals surface area contributed by atoms with Gasteiger partial charge in [-0.05, 0) is 11.8 Å². The van der Waals surface area contributed by atoms with Gasteiger partial charge in [0.2, 0.25) is 5.95 Å². The molecule has 2 aromatic heterocycles. The molecule has 0 aliphatic carbocycles. The highest BCUT2D eigenvalue weighted by Gasteiger charge is 2.09. The fourth-order valence-electron chi connectivity index (χ4n) is 1.03. The molecule has 0 saturated carbocycles. The van der Waals surface area contributed by atoms with Gasteiger partial charge >= 0.3 is 0 Å². The number of hydrogen-bond donors (Lipinski definition) is 3. The quantitative estimate of drug-likeness (QED) is 0.539. The Morgan fingerprint density at radius 1 is 1.06 bits per heavy atom. The van der Waals surface area contributed by atoms with Gasteiger partial charge in [0.15, 0.2) is 5.16 Å². The van der Waals surface area contributed by atoms with Crippen LogP contribution in [-0.2, 0) is 0 Å². The van der Waals surface area contributed by atoms with Gasteiger partial charge in [0.1, 0.15) is 16.7 Å². The maximum Gasteiger partial charge on any atom is 0.221 e. The smallest absolute Gasteiger partial charge is 0.221 e. The molecule has 0 bridgehead atoms. The molecule has 0 spiro atoms. The van der Waals surface area contributed by atoms with E-state index in [9.17, 15) is 0 Å². The van der Waals surface area contributed by atoms with Gasteiger partial charge in [0.25, 0.3) is 0 Å². The molecular weight excluding hydrogens is 262 g/mol. The molecule has 9 heteroatoms. The van der Waals surface area contributed by atoms with Gasteiger partial charge in [0.05, 0.1) is 11.2 Å². The first-order chi connectivity index (χ1) is 8.04. The Kier molecular flexibility index (Phi) is 3.16. The highest BCUT2D eigenvalue weighted by Crippen LogP contribution is 2.30. The second-order valence-corrected chi connectivity index (χ2v) is 4.35. The average molecular weight is 270 g/mol. The Hall–Kier alpha value is -1.80. The minimum Gasteiger partial charge on any atom is -0.383 e. The molecule has 0 fully saturated rings. The first-order valence-corrected chi connectivity index (χ1v) is 5.60. The van der Waals surface area contributed by atoms with E-state index in [1.54, 1.807) is 0 Å². The zero-order chi connectivity index (χ0) is 12.4. The van der Waals surface area contributed by atoms with Crippen molar-refractivity contribution in [3.05, 3.63) is 17.3 Å². The monoisotopic (exact) mass is 269 g/mol. The molecule has 88 valence electrons. The number of nitrogens with zero attached hydrogens (tertiary/aromatic N) is 4. The van der Waals surface area contributed by atoms with E-state index in [-0.39, 0.29) is 17.6 Å². The fraction of sp³-hybridized carbons (Fsp3) is 0. The van der Waals surface area contributed by atoms with Crippen LogP contribution >= 0.6 is 23.4 Å². The van der Waals surface area contributed by atoms with Crippen LogP contribution in [0.4, 0.5) is 17.6 Å². The van der Waals surface area contributed by atoms with E-state index < -0.39 is 0 Å². The van der Waals surface area contributed by atoms with E-state index in [4.69, 9.17) is 28.8 Å². The van der Waals surface area contributed by atoms with Gasteiger partial charge < -0.3 is 17.2 Å². The Morgan fingerprint density at radius 2 is 1.71 bits per heavy atom. The van der Waals surface area contributed by atoms with Gasteiger partial charge in [-0.15, -0.1) is 0 Å². The molecule has 7 nitrogen and oxygen atoms in total. The maximum atomic E-state index is 5.91. The summed E-state index contributed by atoms with van der Waals surface area (Å²) in [4.78, 5) is 15.7. The van der Waals surface area contributed by atoms with Crippen LogP contribution in [0.5, 0.6) is 0 Å². The van der Waals surface area contributed by atoms with Gasteiger partial charge in [-0.2, -0.15) is 0 Å². The van der Waals surface area contributed by atoms with Crippen molar-refractivity contribution in [2.75, 3.05) is 17.2 Å². The van der Waals surface area contributed by atoms with E-state index in [1.807, 2.05) is 0 Å². The van der Waals surface area contributed by atoms with Crippen molar-refractivity contribution in [1.29, 1.82) is 0 Å². The van der Waals surface area contributed by atoms with Crippen molar-refractivity contribution in [3.8, 4) is 0 Å². The van der Waals surface area contributed by atoms with Crippen LogP contribution in [0.1, 0.15) is 0 Å². The van der Waals surface area contributed by atoms with E-state index in [1.165, 1.54) is 12.3 Å². The predicted molar refractivity (Wildman–Crippen MR) is 66.4 cm³/mol. The van der Waals surface area contributed by atoms with Crippen LogP contribution in [0, 0.1) is 0 Å². The number of nitrogens with two attached hydrogens (primary N) is 3. The molecule has 0 atom stereocenters. The summed E-state index contributed by atoms with van der Waals surface area (Å²) < 4.78 is 0. The van der Waals surface area contributed by atoms with Gasteiger partial charge in [0, 0.05) is 6.07 Å². The van der Waals surface area contributed by atoms with Gasteiger partial charge in [-0.3, -0.25) is 0 Å². The lowest BCUT2D eigenvalue weighted by Crippen LogP contribution is -2.00. The molecule has 6 N–H and O–H groups in total. The lowest BCUT2D eigenvalue weighted by atomic mass is 10.5. The molecule has 0 unspecified atom stereocenters. The first-order valence-electron chi connectivity index (χ1n) is 4.40. The normalized spacial score (nSPS) is 10.4. The molecule has 0 aromatic carbocycles. The van der Waals surface area contributed by atoms with Crippen molar-refractivity contribution in [3.63, 3.8) is 0 Å². The molecule has 17 heavy (non-hydrogen) atoms. The zero-order valence-electron chi connectivity index (χ0n) is 8.46. The van der Waals surface area contributed by atoms with Gasteiger partial charge in [-0.25, -0.2) is 19.9 Å². The number of nitrogen functional groups attached to an aromatic ring is 3. The average Bonchev–Trinajstić information content (AvgIpc) is 2.22. The van der Waals surface area contributed by atoms with E-state index in [2.05, 4.69) is 19.9 Å². The van der Waals surface area contributed by atoms with Crippen molar-refractivity contribution < 1.29 is 0 Å². The summed E-state index contributed by atoms with van der Waals surface area (Å²) in [5.41, 5.74) is 16.5. The molecule has 0 aliphatic rings. The summed E-state index contributed by atoms with van der Waals surface area (Å²) in [5, 5.41) is 1.15. The van der Waals surface area contributed by atoms with Gasteiger partial charge in [-0.1, -0.05) is 11.6 Å². The molecule has 0 aliphatic heterocycles. The standard InChI is InChI=1S/C8H8ClN7S/c9-3-2-13-7(12)16-6(3)17-8-14-4(10)1-5(11)15-8/h1-2H,(H2,12,13,16)(H4,10,11,14,15). The third kappa shape index (κ3) is 2.86. The summed E-state index contributed by atoms with van der Waals surface area (Å²) >= 11 is 7.02. The second kappa shape index (κ2) is 4.60. The third-order valence-electron chi connectivity index (χ3n) is 1.66. The number of aromatic nitrogens is 4. The second-order valence-electron chi connectivity index (χ2n) is 2.98. The first kappa shape index (κ1) is 11.7. The number of rotatable bonds is 2. The van der Waals surface area contributed by atoms with Crippen molar-refractivity contribution >= 4 is 40.9 Å². The topological polar surface area (TPSA) is 130 Å². The Labute approximate surface area is 106 Å². The van der Waals surface area contributed by atoms with Crippen molar-refractivity contribution in [2.45, 2.75) is 10.2 Å². The van der Waals surface area contributed by atoms with E-state index in [0.717, 1.165) is 11.8 Å². The molecule has 2 rings (SSSR count). The summed E-state index contributed by atoms with van der Waals surface area (Å²) in [6, 6.07) is 1.46. The highest BCUT2D eigenvalue weighted by molar-refractivity contribution is 7.99. The molecule has 0 saturated heterocycles. The molecular formula is C8H8ClN7S. The van der Waals surface area contributed by atoms with Crippen LogP contribution in [0.2, 0.25) is 5.02 Å². The lowest BCUT2D eigenvalue weighted by Gasteiger charge is -2.03. The van der Waals surface area contributed by atoms with Crippen LogP contribution in [0.25, 0.3) is 0 Å². The number of hydrogen-bond acceptors (Lipinski definition) is 8. The lowest BCUT2D eigenvalue weighted by molar-refractivity contribution is 0.973. The van der Waals surface area contributed by atoms with Crippen LogP contribution in [0.3, 0.4) is 0 Å². The Morgan fingerprint density at radius 3 is 2.35 bits per heavy atom. The molecule has 0 radical (unpaired) electrons. The number of halogens is 1. The molecule has 2 heterocycles. The molecule has 0 amide bonds. The third-order valence-corrected chi connectivity index (χ3v) is 2.92. The Balaban J connectivity index is 2.34. The molecule has 2 aromatic rings. The minimum absolute atomic E-state index is 0.119. The largest absolute Gasteiger partial charge is 0.383 e. The Bertz CT molecular complexity index is 541. The highest BCUT2D eigenvalue weighted by atomic mass is 35.5. The zero-order valence-corrected chi connectivity index (χ0v) is 10.0. The van der Waals surface area contributed by atoms with E-state index in [0.29, 0.717) is 15.2 Å². The van der Waals surface area contributed by atoms with E-state index >= 15 is 0 Å². The van der Waals surface area contributed by atoms with Crippen molar-refractivity contribution in [1.82, 2.24) is 19.9 Å². The SMILES string of the molecule is Nc1cc(N)nc(Sc2nc(N)ncc2Cl)n1. The van der Waals surface area contributed by atoms with Crippen molar-refractivity contribution in [2.24, 2.45) is 0 Å². The maximum absolute atomic E-state index is 5.91. The summed E-state index contributed by atoms with van der Waals surface area (Å²) in [7, 11) is 0. The fourth-order valence-corrected chi connectivity index (χ4v) is 2.00. The summed E-state index contributed by atoms with van der Waals surface area (Å²) in [6.45, 7) is 0. The van der Waals surface area contributed by atoms with Crippen LogP contribution in [0.15, 0.2) is 22.4 Å². The minimum atomic E-state index is 0.119. The van der Waals surface area contributed by atoms with Crippen LogP contribution in [-0.4, -0.2) is 19.9 Å². The predicted octanol–water partition coefficient (Wildman–Crippen LogP) is 0.818. The number of anilines is 3. The summed E-state index contributed by atoms with van der Waals surface area (Å²) in [5.74, 6) is 0.671. The van der Waals surface area contributed by atoms with Crippen LogP contribution < -0.4 is 17.2 Å². The summed E-state index contributed by atoms with van der Waals surface area (Å²) in [6.07, 6.45) is 1.40.